The second-order valence-corrected chi connectivity index (χ2v) is 8.37. The topological polar surface area (TPSA) is 72.6 Å². The molecule has 0 bridgehead atoms. The van der Waals surface area contributed by atoms with E-state index in [2.05, 4.69) is 10.1 Å². The summed E-state index contributed by atoms with van der Waals surface area (Å²) in [6.45, 7) is 3.33. The summed E-state index contributed by atoms with van der Waals surface area (Å²) in [5.41, 5.74) is 4.88. The predicted octanol–water partition coefficient (Wildman–Crippen LogP) is 3.89. The molecule has 1 aliphatic rings. The lowest BCUT2D eigenvalue weighted by Crippen LogP contribution is -2.42. The number of benzene rings is 1. The van der Waals surface area contributed by atoms with Crippen LogP contribution in [0.3, 0.4) is 0 Å². The first-order valence-electron chi connectivity index (χ1n) is 10.5. The van der Waals surface area contributed by atoms with Gasteiger partial charge in [-0.15, -0.1) is 0 Å². The fourth-order valence-corrected chi connectivity index (χ4v) is 4.15. The number of hydrogen-bond donors (Lipinski definition) is 0. The lowest BCUT2D eigenvalue weighted by atomic mass is 10.1. The van der Waals surface area contributed by atoms with Gasteiger partial charge in [-0.1, -0.05) is 29.8 Å². The molecule has 8 heteroatoms. The van der Waals surface area contributed by atoms with E-state index in [9.17, 15) is 4.79 Å². The number of amides is 1. The van der Waals surface area contributed by atoms with Crippen LogP contribution in [-0.2, 0) is 11.2 Å². The van der Waals surface area contributed by atoms with Crippen molar-refractivity contribution in [1.29, 1.82) is 0 Å². The summed E-state index contributed by atoms with van der Waals surface area (Å²) in [6.07, 6.45) is 5.57. The molecule has 5 rings (SSSR count). The van der Waals surface area contributed by atoms with Crippen molar-refractivity contribution < 1.29 is 9.53 Å². The molecule has 0 unspecified atom stereocenters. The van der Waals surface area contributed by atoms with Crippen molar-refractivity contribution in [3.05, 3.63) is 94.2 Å². The minimum absolute atomic E-state index is 0.0975. The van der Waals surface area contributed by atoms with Gasteiger partial charge in [0.2, 0.25) is 0 Å². The number of morpholine rings is 1. The molecule has 3 aromatic heterocycles. The van der Waals surface area contributed by atoms with Crippen LogP contribution in [0.4, 0.5) is 0 Å². The maximum absolute atomic E-state index is 13.2. The van der Waals surface area contributed by atoms with E-state index in [-0.39, 0.29) is 12.0 Å². The predicted molar refractivity (Wildman–Crippen MR) is 121 cm³/mol. The Hall–Kier alpha value is -3.29. The molecule has 0 radical (unpaired) electrons. The second-order valence-electron chi connectivity index (χ2n) is 7.93. The SMILES string of the molecule is Cc1cnc2c(C(=O)N3CCO[C@@H](c4cccc(Cc5cccc(Cl)c5)n4)C3)cnn2c1. The second kappa shape index (κ2) is 8.68. The summed E-state index contributed by atoms with van der Waals surface area (Å²) in [7, 11) is 0. The zero-order valence-corrected chi connectivity index (χ0v) is 18.4. The van der Waals surface area contributed by atoms with Gasteiger partial charge in [-0.25, -0.2) is 9.50 Å². The highest BCUT2D eigenvalue weighted by Gasteiger charge is 2.29. The van der Waals surface area contributed by atoms with Gasteiger partial charge in [-0.2, -0.15) is 5.10 Å². The largest absolute Gasteiger partial charge is 0.368 e. The number of nitrogens with zero attached hydrogens (tertiary/aromatic N) is 5. The first kappa shape index (κ1) is 20.6. The number of fused-ring (bicyclic) bond motifs is 1. The number of aryl methyl sites for hydroxylation is 1. The molecule has 162 valence electrons. The van der Waals surface area contributed by atoms with Gasteiger partial charge in [0, 0.05) is 36.1 Å². The van der Waals surface area contributed by atoms with Crippen LogP contribution < -0.4 is 0 Å². The zero-order chi connectivity index (χ0) is 22.1. The van der Waals surface area contributed by atoms with E-state index in [1.165, 1.54) is 0 Å². The maximum atomic E-state index is 13.2. The van der Waals surface area contributed by atoms with E-state index >= 15 is 0 Å². The third kappa shape index (κ3) is 4.22. The van der Waals surface area contributed by atoms with E-state index < -0.39 is 0 Å². The van der Waals surface area contributed by atoms with Crippen LogP contribution in [0.5, 0.6) is 0 Å². The fraction of sp³-hybridized carbons (Fsp3) is 0.250. The van der Waals surface area contributed by atoms with E-state index in [4.69, 9.17) is 21.3 Å². The first-order valence-corrected chi connectivity index (χ1v) is 10.9. The molecule has 4 heterocycles. The lowest BCUT2D eigenvalue weighted by Gasteiger charge is -2.32. The van der Waals surface area contributed by atoms with Crippen LogP contribution in [-0.4, -0.2) is 50.1 Å². The number of rotatable bonds is 4. The molecular formula is C24H22ClN5O2. The number of halogens is 1. The monoisotopic (exact) mass is 447 g/mol. The molecule has 0 aliphatic carbocycles. The van der Waals surface area contributed by atoms with E-state index in [1.54, 1.807) is 21.8 Å². The van der Waals surface area contributed by atoms with Crippen molar-refractivity contribution in [1.82, 2.24) is 24.5 Å². The molecule has 1 aromatic carbocycles. The van der Waals surface area contributed by atoms with E-state index in [0.29, 0.717) is 42.4 Å². The molecule has 0 spiro atoms. The average molecular weight is 448 g/mol. The Labute approximate surface area is 190 Å². The number of pyridine rings is 1. The number of carbonyl (C=O) groups is 1. The van der Waals surface area contributed by atoms with Crippen LogP contribution in [0.2, 0.25) is 5.02 Å². The van der Waals surface area contributed by atoms with Gasteiger partial charge in [0.15, 0.2) is 5.65 Å². The Kier molecular flexibility index (Phi) is 5.59. The molecule has 0 saturated carbocycles. The molecule has 1 atom stereocenters. The highest BCUT2D eigenvalue weighted by Crippen LogP contribution is 2.24. The van der Waals surface area contributed by atoms with Gasteiger partial charge in [0.1, 0.15) is 11.7 Å². The molecule has 1 fully saturated rings. The standard InChI is InChI=1S/C24H22ClN5O2/c1-16-12-26-23-20(13-27-30(23)14-16)24(31)29-8-9-32-22(15-29)21-7-3-6-19(28-21)11-17-4-2-5-18(25)10-17/h2-7,10,12-14,22H,8-9,11,15H2,1H3/t22-/m1/s1. The zero-order valence-electron chi connectivity index (χ0n) is 17.6. The maximum Gasteiger partial charge on any atom is 0.259 e. The summed E-state index contributed by atoms with van der Waals surface area (Å²) in [4.78, 5) is 24.2. The smallest absolute Gasteiger partial charge is 0.259 e. The van der Waals surface area contributed by atoms with Crippen molar-refractivity contribution in [3.63, 3.8) is 0 Å². The van der Waals surface area contributed by atoms with Crippen molar-refractivity contribution in [2.45, 2.75) is 19.4 Å². The highest BCUT2D eigenvalue weighted by molar-refractivity contribution is 6.30. The summed E-state index contributed by atoms with van der Waals surface area (Å²) in [6, 6.07) is 13.7. The highest BCUT2D eigenvalue weighted by atomic mass is 35.5. The number of hydrogen-bond acceptors (Lipinski definition) is 5. The molecule has 1 aliphatic heterocycles. The van der Waals surface area contributed by atoms with Gasteiger partial charge >= 0.3 is 0 Å². The molecule has 0 N–H and O–H groups in total. The molecule has 1 amide bonds. The quantitative estimate of drug-likeness (QED) is 0.474. The third-order valence-corrected chi connectivity index (χ3v) is 5.74. The Bertz CT molecular complexity index is 1290. The molecular weight excluding hydrogens is 426 g/mol. The molecule has 32 heavy (non-hydrogen) atoms. The normalized spacial score (nSPS) is 16.4. The summed E-state index contributed by atoms with van der Waals surface area (Å²) < 4.78 is 7.62. The van der Waals surface area contributed by atoms with Gasteiger partial charge in [-0.3, -0.25) is 9.78 Å². The molecule has 4 aromatic rings. The number of carbonyl (C=O) groups excluding carboxylic acids is 1. The van der Waals surface area contributed by atoms with Crippen LogP contribution in [0.25, 0.3) is 5.65 Å². The Balaban J connectivity index is 1.34. The summed E-state index contributed by atoms with van der Waals surface area (Å²) in [5, 5.41) is 4.99. The van der Waals surface area contributed by atoms with Gasteiger partial charge < -0.3 is 9.64 Å². The minimum Gasteiger partial charge on any atom is -0.368 e. The van der Waals surface area contributed by atoms with Crippen molar-refractivity contribution in [3.8, 4) is 0 Å². The Morgan fingerprint density at radius 1 is 1.22 bits per heavy atom. The number of ether oxygens (including phenoxy) is 1. The van der Waals surface area contributed by atoms with Crippen molar-refractivity contribution in [2.24, 2.45) is 0 Å². The van der Waals surface area contributed by atoms with Gasteiger partial charge in [0.25, 0.3) is 5.91 Å². The average Bonchev–Trinajstić information content (AvgIpc) is 3.22. The van der Waals surface area contributed by atoms with E-state index in [0.717, 1.165) is 22.5 Å². The van der Waals surface area contributed by atoms with E-state index in [1.807, 2.05) is 55.6 Å². The summed E-state index contributed by atoms with van der Waals surface area (Å²) >= 11 is 6.11. The van der Waals surface area contributed by atoms with Crippen LogP contribution in [0.15, 0.2) is 61.1 Å². The molecule has 1 saturated heterocycles. The van der Waals surface area contributed by atoms with Crippen LogP contribution >= 0.6 is 11.6 Å². The minimum atomic E-state index is -0.288. The Morgan fingerprint density at radius 2 is 2.09 bits per heavy atom. The van der Waals surface area contributed by atoms with Crippen LogP contribution in [0, 0.1) is 6.92 Å². The number of aromatic nitrogens is 4. The van der Waals surface area contributed by atoms with Gasteiger partial charge in [-0.05, 0) is 42.3 Å². The van der Waals surface area contributed by atoms with Crippen molar-refractivity contribution in [2.75, 3.05) is 19.7 Å². The van der Waals surface area contributed by atoms with Crippen LogP contribution in [0.1, 0.15) is 39.0 Å². The fourth-order valence-electron chi connectivity index (χ4n) is 3.93. The van der Waals surface area contributed by atoms with Gasteiger partial charge in [0.05, 0.1) is 25.0 Å². The summed E-state index contributed by atoms with van der Waals surface area (Å²) in [5.74, 6) is -0.0975. The first-order chi connectivity index (χ1) is 15.6. The van der Waals surface area contributed by atoms with Crippen molar-refractivity contribution >= 4 is 23.2 Å². The third-order valence-electron chi connectivity index (χ3n) is 5.50. The Morgan fingerprint density at radius 3 is 2.97 bits per heavy atom. The molecule has 7 nitrogen and oxygen atoms in total. The lowest BCUT2D eigenvalue weighted by molar-refractivity contribution is -0.0247.